The van der Waals surface area contributed by atoms with E-state index in [1.807, 2.05) is 18.2 Å². The molecule has 0 spiro atoms. The van der Waals surface area contributed by atoms with Crippen LogP contribution in [0.2, 0.25) is 5.02 Å². The van der Waals surface area contributed by atoms with Crippen molar-refractivity contribution in [1.29, 1.82) is 0 Å². The van der Waals surface area contributed by atoms with Gasteiger partial charge in [0.25, 0.3) is 0 Å². The highest BCUT2D eigenvalue weighted by atomic mass is 35.5. The van der Waals surface area contributed by atoms with E-state index in [1.54, 1.807) is 0 Å². The summed E-state index contributed by atoms with van der Waals surface area (Å²) in [5.74, 6) is 0. The Hall–Kier alpha value is -0.530. The zero-order valence-electron chi connectivity index (χ0n) is 7.66. The summed E-state index contributed by atoms with van der Waals surface area (Å²) in [5, 5.41) is 0.822. The van der Waals surface area contributed by atoms with Crippen molar-refractivity contribution in [3.63, 3.8) is 0 Å². The highest BCUT2D eigenvalue weighted by Gasteiger charge is 2.33. The lowest BCUT2D eigenvalue weighted by Crippen LogP contribution is -1.93. The van der Waals surface area contributed by atoms with Crippen molar-refractivity contribution in [2.45, 2.75) is 32.0 Å². The standard InChI is InChI=1S/C11H13ClO/c1-8-11(13-8)6-5-9-3-2-4-10(12)7-9/h2-4,7-8,11H,5-6H2,1H3. The van der Waals surface area contributed by atoms with Crippen molar-refractivity contribution in [1.82, 2.24) is 0 Å². The van der Waals surface area contributed by atoms with Crippen LogP contribution >= 0.6 is 11.6 Å². The molecule has 1 saturated heterocycles. The van der Waals surface area contributed by atoms with Crippen LogP contribution in [0.3, 0.4) is 0 Å². The maximum absolute atomic E-state index is 5.87. The minimum atomic E-state index is 0.471. The number of rotatable bonds is 3. The molecule has 1 heterocycles. The maximum atomic E-state index is 5.87. The number of ether oxygens (including phenoxy) is 1. The Labute approximate surface area is 83.7 Å². The van der Waals surface area contributed by atoms with Crippen LogP contribution in [0, 0.1) is 0 Å². The highest BCUT2D eigenvalue weighted by molar-refractivity contribution is 6.30. The number of hydrogen-bond donors (Lipinski definition) is 0. The largest absolute Gasteiger partial charge is 0.370 e. The van der Waals surface area contributed by atoms with Gasteiger partial charge in [-0.3, -0.25) is 0 Å². The van der Waals surface area contributed by atoms with Crippen LogP contribution in [0.5, 0.6) is 0 Å². The summed E-state index contributed by atoms with van der Waals surface area (Å²) in [6, 6.07) is 8.03. The van der Waals surface area contributed by atoms with Gasteiger partial charge in [-0.15, -0.1) is 0 Å². The van der Waals surface area contributed by atoms with E-state index in [0.717, 1.165) is 17.9 Å². The van der Waals surface area contributed by atoms with Gasteiger partial charge in [-0.05, 0) is 37.5 Å². The second kappa shape index (κ2) is 3.69. The second-order valence-corrected chi connectivity index (χ2v) is 3.98. The van der Waals surface area contributed by atoms with Gasteiger partial charge >= 0.3 is 0 Å². The smallest absolute Gasteiger partial charge is 0.0842 e. The van der Waals surface area contributed by atoms with Gasteiger partial charge in [-0.25, -0.2) is 0 Å². The summed E-state index contributed by atoms with van der Waals surface area (Å²) >= 11 is 5.87. The van der Waals surface area contributed by atoms with E-state index in [9.17, 15) is 0 Å². The first kappa shape index (κ1) is 9.04. The average Bonchev–Trinajstić information content (AvgIpc) is 2.79. The second-order valence-electron chi connectivity index (χ2n) is 3.55. The molecule has 70 valence electrons. The molecule has 1 aliphatic rings. The molecule has 1 nitrogen and oxygen atoms in total. The van der Waals surface area contributed by atoms with Crippen LogP contribution < -0.4 is 0 Å². The molecular weight excluding hydrogens is 184 g/mol. The van der Waals surface area contributed by atoms with Crippen molar-refractivity contribution >= 4 is 11.6 Å². The number of hydrogen-bond acceptors (Lipinski definition) is 1. The first-order valence-electron chi connectivity index (χ1n) is 4.65. The summed E-state index contributed by atoms with van der Waals surface area (Å²) in [4.78, 5) is 0. The number of benzene rings is 1. The van der Waals surface area contributed by atoms with E-state index in [4.69, 9.17) is 16.3 Å². The van der Waals surface area contributed by atoms with Crippen molar-refractivity contribution in [2.75, 3.05) is 0 Å². The zero-order valence-corrected chi connectivity index (χ0v) is 8.42. The molecule has 2 unspecified atom stereocenters. The van der Waals surface area contributed by atoms with Gasteiger partial charge in [0.05, 0.1) is 12.2 Å². The lowest BCUT2D eigenvalue weighted by molar-refractivity contribution is 0.370. The first-order valence-corrected chi connectivity index (χ1v) is 5.03. The van der Waals surface area contributed by atoms with Crippen molar-refractivity contribution in [3.8, 4) is 0 Å². The molecule has 0 saturated carbocycles. The third-order valence-electron chi connectivity index (χ3n) is 2.44. The molecule has 2 rings (SSSR count). The minimum absolute atomic E-state index is 0.471. The van der Waals surface area contributed by atoms with Gasteiger partial charge in [-0.2, -0.15) is 0 Å². The molecule has 0 aromatic heterocycles. The summed E-state index contributed by atoms with van der Waals surface area (Å²) < 4.78 is 5.34. The van der Waals surface area contributed by atoms with Crippen molar-refractivity contribution < 1.29 is 4.74 Å². The normalized spacial score (nSPS) is 26.0. The fraction of sp³-hybridized carbons (Fsp3) is 0.455. The Bertz CT molecular complexity index is 298. The quantitative estimate of drug-likeness (QED) is 0.677. The van der Waals surface area contributed by atoms with Crippen molar-refractivity contribution in [2.24, 2.45) is 0 Å². The molecule has 0 radical (unpaired) electrons. The van der Waals surface area contributed by atoms with Crippen LogP contribution in [0.1, 0.15) is 18.9 Å². The molecule has 1 fully saturated rings. The van der Waals surface area contributed by atoms with E-state index in [2.05, 4.69) is 13.0 Å². The minimum Gasteiger partial charge on any atom is -0.370 e. The predicted molar refractivity (Wildman–Crippen MR) is 54.1 cm³/mol. The molecule has 0 amide bonds. The van der Waals surface area contributed by atoms with Crippen molar-refractivity contribution in [3.05, 3.63) is 34.9 Å². The molecule has 0 N–H and O–H groups in total. The molecule has 13 heavy (non-hydrogen) atoms. The predicted octanol–water partition coefficient (Wildman–Crippen LogP) is 3.06. The summed E-state index contributed by atoms with van der Waals surface area (Å²) in [5.41, 5.74) is 1.30. The lowest BCUT2D eigenvalue weighted by Gasteiger charge is -1.99. The van der Waals surface area contributed by atoms with Crippen LogP contribution in [0.4, 0.5) is 0 Å². The highest BCUT2D eigenvalue weighted by Crippen LogP contribution is 2.26. The van der Waals surface area contributed by atoms with Gasteiger partial charge in [0.2, 0.25) is 0 Å². The summed E-state index contributed by atoms with van der Waals surface area (Å²) in [6.07, 6.45) is 3.13. The monoisotopic (exact) mass is 196 g/mol. The Balaban J connectivity index is 1.87. The van der Waals surface area contributed by atoms with Crippen LogP contribution in [-0.4, -0.2) is 12.2 Å². The van der Waals surface area contributed by atoms with E-state index in [1.165, 1.54) is 5.56 Å². The van der Waals surface area contributed by atoms with Gasteiger partial charge < -0.3 is 4.74 Å². The molecule has 1 aromatic carbocycles. The Kier molecular flexibility index (Phi) is 2.56. The first-order chi connectivity index (χ1) is 6.25. The van der Waals surface area contributed by atoms with E-state index < -0.39 is 0 Å². The zero-order chi connectivity index (χ0) is 9.26. The van der Waals surface area contributed by atoms with Gasteiger partial charge in [0.1, 0.15) is 0 Å². The third kappa shape index (κ3) is 2.45. The molecule has 0 aliphatic carbocycles. The topological polar surface area (TPSA) is 12.5 Å². The summed E-state index contributed by atoms with van der Waals surface area (Å²) in [6.45, 7) is 2.11. The molecule has 1 aromatic rings. The number of halogens is 1. The fourth-order valence-electron chi connectivity index (χ4n) is 1.53. The van der Waals surface area contributed by atoms with E-state index in [-0.39, 0.29) is 0 Å². The molecule has 2 heteroatoms. The molecule has 0 bridgehead atoms. The summed E-state index contributed by atoms with van der Waals surface area (Å²) in [7, 11) is 0. The lowest BCUT2D eigenvalue weighted by atomic mass is 10.1. The average molecular weight is 197 g/mol. The molecule has 1 aliphatic heterocycles. The Morgan fingerprint density at radius 1 is 1.46 bits per heavy atom. The third-order valence-corrected chi connectivity index (χ3v) is 2.68. The molecular formula is C11H13ClO. The van der Waals surface area contributed by atoms with Crippen LogP contribution in [-0.2, 0) is 11.2 Å². The van der Waals surface area contributed by atoms with E-state index in [0.29, 0.717) is 12.2 Å². The Morgan fingerprint density at radius 3 is 2.85 bits per heavy atom. The molecule has 2 atom stereocenters. The SMILES string of the molecule is CC1OC1CCc1cccc(Cl)c1. The van der Waals surface area contributed by atoms with Gasteiger partial charge in [0, 0.05) is 5.02 Å². The Morgan fingerprint density at radius 2 is 2.23 bits per heavy atom. The van der Waals surface area contributed by atoms with E-state index >= 15 is 0 Å². The maximum Gasteiger partial charge on any atom is 0.0842 e. The van der Waals surface area contributed by atoms with Gasteiger partial charge in [0.15, 0.2) is 0 Å². The van der Waals surface area contributed by atoms with Gasteiger partial charge in [-0.1, -0.05) is 23.7 Å². The number of epoxide rings is 1. The van der Waals surface area contributed by atoms with Crippen LogP contribution in [0.25, 0.3) is 0 Å². The fourth-order valence-corrected chi connectivity index (χ4v) is 1.75. The number of aryl methyl sites for hydroxylation is 1. The van der Waals surface area contributed by atoms with Crippen LogP contribution in [0.15, 0.2) is 24.3 Å².